The van der Waals surface area contributed by atoms with Gasteiger partial charge in [-0.25, -0.2) is 0 Å². The fraction of sp³-hybridized carbons (Fsp3) is 0.562. The number of hydrogen-bond donors (Lipinski definition) is 0. The number of carbonyl (C=O) groups is 1. The van der Waals surface area contributed by atoms with Gasteiger partial charge in [-0.2, -0.15) is 0 Å². The van der Waals surface area contributed by atoms with Crippen molar-refractivity contribution in [3.05, 3.63) is 34.3 Å². The number of halogens is 1. The van der Waals surface area contributed by atoms with Gasteiger partial charge in [0.05, 0.1) is 0 Å². The van der Waals surface area contributed by atoms with Gasteiger partial charge in [-0.15, -0.1) is 0 Å². The van der Waals surface area contributed by atoms with Crippen LogP contribution in [-0.4, -0.2) is 37.1 Å². The molecule has 1 aromatic carbocycles. The summed E-state index contributed by atoms with van der Waals surface area (Å²) in [6.45, 7) is 3.23. The first kappa shape index (κ1) is 14.1. The Hall–Kier alpha value is -0.870. The van der Waals surface area contributed by atoms with Crippen LogP contribution in [0.15, 0.2) is 28.7 Å². The summed E-state index contributed by atoms with van der Waals surface area (Å²) in [6, 6.07) is 8.46. The van der Waals surface area contributed by atoms with E-state index in [0.717, 1.165) is 50.0 Å². The highest BCUT2D eigenvalue weighted by atomic mass is 79.9. The van der Waals surface area contributed by atoms with Crippen molar-refractivity contribution in [3.63, 3.8) is 0 Å². The third-order valence-corrected chi connectivity index (χ3v) is 4.88. The number of hydrogen-bond acceptors (Lipinski definition) is 2. The predicted octanol–water partition coefficient (Wildman–Crippen LogP) is 3.19. The molecule has 0 aliphatic carbocycles. The smallest absolute Gasteiger partial charge is 0.225 e. The van der Waals surface area contributed by atoms with E-state index in [1.807, 2.05) is 6.07 Å². The first-order valence-corrected chi connectivity index (χ1v) is 8.15. The van der Waals surface area contributed by atoms with Crippen LogP contribution < -0.4 is 0 Å². The zero-order chi connectivity index (χ0) is 13.9. The molecule has 0 radical (unpaired) electrons. The van der Waals surface area contributed by atoms with Crippen molar-refractivity contribution in [2.24, 2.45) is 5.92 Å². The lowest BCUT2D eigenvalue weighted by molar-refractivity contribution is -0.137. The Morgan fingerprint density at radius 3 is 2.80 bits per heavy atom. The maximum Gasteiger partial charge on any atom is 0.225 e. The molecule has 1 aromatic rings. The van der Waals surface area contributed by atoms with Crippen LogP contribution in [0.2, 0.25) is 0 Å². The van der Waals surface area contributed by atoms with Crippen LogP contribution in [0.25, 0.3) is 0 Å². The van der Waals surface area contributed by atoms with Gasteiger partial charge in [-0.3, -0.25) is 4.79 Å². The van der Waals surface area contributed by atoms with E-state index >= 15 is 0 Å². The molecule has 0 saturated carbocycles. The lowest BCUT2D eigenvalue weighted by Crippen LogP contribution is -2.37. The molecule has 2 saturated heterocycles. The normalized spacial score (nSPS) is 24.1. The molecule has 1 atom stereocenters. The van der Waals surface area contributed by atoms with Crippen LogP contribution in [0.3, 0.4) is 0 Å². The van der Waals surface area contributed by atoms with Crippen LogP contribution in [0.4, 0.5) is 0 Å². The van der Waals surface area contributed by atoms with Crippen LogP contribution in [0.1, 0.15) is 30.7 Å². The summed E-state index contributed by atoms with van der Waals surface area (Å²) in [5.74, 6) is 1.01. The van der Waals surface area contributed by atoms with Crippen molar-refractivity contribution < 1.29 is 9.53 Å². The van der Waals surface area contributed by atoms with Gasteiger partial charge < -0.3 is 9.64 Å². The van der Waals surface area contributed by atoms with Crippen molar-refractivity contribution in [1.82, 2.24) is 4.90 Å². The van der Waals surface area contributed by atoms with Gasteiger partial charge in [0.15, 0.2) is 0 Å². The molecule has 2 heterocycles. The standard InChI is InChI=1S/C16H20BrNO2/c17-15-3-1-2-13(10-15)14-4-7-18(11-14)16(19)12-5-8-20-9-6-12/h1-3,10,12,14H,4-9,11H2. The molecule has 0 aromatic heterocycles. The Bertz CT molecular complexity index is 485. The zero-order valence-electron chi connectivity index (χ0n) is 11.6. The van der Waals surface area contributed by atoms with Gasteiger partial charge >= 0.3 is 0 Å². The number of ether oxygens (including phenoxy) is 1. The van der Waals surface area contributed by atoms with Crippen molar-refractivity contribution >= 4 is 21.8 Å². The van der Waals surface area contributed by atoms with E-state index in [-0.39, 0.29) is 5.92 Å². The lowest BCUT2D eigenvalue weighted by atomic mass is 9.98. The Morgan fingerprint density at radius 1 is 1.25 bits per heavy atom. The molecule has 3 rings (SSSR count). The molecule has 20 heavy (non-hydrogen) atoms. The quantitative estimate of drug-likeness (QED) is 0.829. The van der Waals surface area contributed by atoms with E-state index in [4.69, 9.17) is 4.74 Å². The topological polar surface area (TPSA) is 29.5 Å². The summed E-state index contributed by atoms with van der Waals surface area (Å²) in [5, 5.41) is 0. The number of amides is 1. The van der Waals surface area contributed by atoms with Crippen molar-refractivity contribution in [3.8, 4) is 0 Å². The first-order chi connectivity index (χ1) is 9.74. The maximum absolute atomic E-state index is 12.5. The number of carbonyl (C=O) groups excluding carboxylic acids is 1. The second kappa shape index (κ2) is 6.27. The molecule has 108 valence electrons. The number of rotatable bonds is 2. The Morgan fingerprint density at radius 2 is 2.05 bits per heavy atom. The summed E-state index contributed by atoms with van der Waals surface area (Å²) in [7, 11) is 0. The lowest BCUT2D eigenvalue weighted by Gasteiger charge is -2.26. The average Bonchev–Trinajstić information content (AvgIpc) is 2.97. The molecule has 0 bridgehead atoms. The van der Waals surface area contributed by atoms with E-state index in [1.165, 1.54) is 5.56 Å². The van der Waals surface area contributed by atoms with Gasteiger partial charge in [0.25, 0.3) is 0 Å². The number of benzene rings is 1. The SMILES string of the molecule is O=C(C1CCOCC1)N1CCC(c2cccc(Br)c2)C1. The third kappa shape index (κ3) is 3.07. The minimum atomic E-state index is 0.185. The largest absolute Gasteiger partial charge is 0.381 e. The van der Waals surface area contributed by atoms with Crippen LogP contribution in [-0.2, 0) is 9.53 Å². The van der Waals surface area contributed by atoms with Crippen molar-refractivity contribution in [2.75, 3.05) is 26.3 Å². The summed E-state index contributed by atoms with van der Waals surface area (Å²) in [6.07, 6.45) is 2.85. The highest BCUT2D eigenvalue weighted by Gasteiger charge is 2.32. The Labute approximate surface area is 128 Å². The number of nitrogens with zero attached hydrogens (tertiary/aromatic N) is 1. The summed E-state index contributed by atoms with van der Waals surface area (Å²) < 4.78 is 6.46. The molecule has 2 aliphatic rings. The second-order valence-electron chi connectivity index (χ2n) is 5.71. The van der Waals surface area contributed by atoms with E-state index in [9.17, 15) is 4.79 Å². The second-order valence-corrected chi connectivity index (χ2v) is 6.63. The molecule has 3 nitrogen and oxygen atoms in total. The molecule has 2 aliphatic heterocycles. The molecular weight excluding hydrogens is 318 g/mol. The van der Waals surface area contributed by atoms with Crippen LogP contribution >= 0.6 is 15.9 Å². The Balaban J connectivity index is 1.63. The third-order valence-electron chi connectivity index (χ3n) is 4.39. The van der Waals surface area contributed by atoms with E-state index in [1.54, 1.807) is 0 Å². The van der Waals surface area contributed by atoms with Crippen LogP contribution in [0, 0.1) is 5.92 Å². The molecule has 1 unspecified atom stereocenters. The molecule has 1 amide bonds. The zero-order valence-corrected chi connectivity index (χ0v) is 13.1. The van der Waals surface area contributed by atoms with Crippen molar-refractivity contribution in [1.29, 1.82) is 0 Å². The molecular formula is C16H20BrNO2. The van der Waals surface area contributed by atoms with Gasteiger partial charge in [0.1, 0.15) is 0 Å². The van der Waals surface area contributed by atoms with Gasteiger partial charge in [-0.05, 0) is 37.0 Å². The average molecular weight is 338 g/mol. The fourth-order valence-electron chi connectivity index (χ4n) is 3.20. The van der Waals surface area contributed by atoms with Gasteiger partial charge in [0, 0.05) is 42.6 Å². The van der Waals surface area contributed by atoms with Gasteiger partial charge in [0.2, 0.25) is 5.91 Å². The van der Waals surface area contributed by atoms with Crippen molar-refractivity contribution in [2.45, 2.75) is 25.2 Å². The highest BCUT2D eigenvalue weighted by molar-refractivity contribution is 9.10. The molecule has 2 fully saturated rings. The van der Waals surface area contributed by atoms with E-state index < -0.39 is 0 Å². The molecule has 0 spiro atoms. The van der Waals surface area contributed by atoms with E-state index in [2.05, 4.69) is 39.0 Å². The first-order valence-electron chi connectivity index (χ1n) is 7.36. The van der Waals surface area contributed by atoms with Crippen LogP contribution in [0.5, 0.6) is 0 Å². The molecule has 0 N–H and O–H groups in total. The minimum absolute atomic E-state index is 0.185. The monoisotopic (exact) mass is 337 g/mol. The highest BCUT2D eigenvalue weighted by Crippen LogP contribution is 2.30. The van der Waals surface area contributed by atoms with E-state index in [0.29, 0.717) is 11.8 Å². The summed E-state index contributed by atoms with van der Waals surface area (Å²) >= 11 is 3.52. The summed E-state index contributed by atoms with van der Waals surface area (Å²) in [4.78, 5) is 14.6. The minimum Gasteiger partial charge on any atom is -0.381 e. The Kier molecular flexibility index (Phi) is 4.41. The number of likely N-dealkylation sites (tertiary alicyclic amines) is 1. The summed E-state index contributed by atoms with van der Waals surface area (Å²) in [5.41, 5.74) is 1.33. The maximum atomic E-state index is 12.5. The molecule has 4 heteroatoms. The fourth-order valence-corrected chi connectivity index (χ4v) is 3.61. The predicted molar refractivity (Wildman–Crippen MR) is 81.6 cm³/mol. The van der Waals surface area contributed by atoms with Gasteiger partial charge in [-0.1, -0.05) is 28.1 Å².